The van der Waals surface area contributed by atoms with Crippen LogP contribution in [0.3, 0.4) is 0 Å². The average Bonchev–Trinajstić information content (AvgIpc) is 2.66. The minimum absolute atomic E-state index is 0.285. The van der Waals surface area contributed by atoms with Crippen LogP contribution >= 0.6 is 11.8 Å². The van der Waals surface area contributed by atoms with Crippen LogP contribution in [0, 0.1) is 0 Å². The van der Waals surface area contributed by atoms with Crippen molar-refractivity contribution in [3.63, 3.8) is 0 Å². The second-order valence-electron chi connectivity index (χ2n) is 3.81. The molecule has 0 aliphatic rings. The van der Waals surface area contributed by atoms with Gasteiger partial charge in [0.2, 0.25) is 5.58 Å². The van der Waals surface area contributed by atoms with E-state index in [1.54, 1.807) is 0 Å². The number of hydrogen-bond acceptors (Lipinski definition) is 5. The van der Waals surface area contributed by atoms with Gasteiger partial charge >= 0.3 is 5.22 Å². The minimum Gasteiger partial charge on any atom is -0.748 e. The summed E-state index contributed by atoms with van der Waals surface area (Å²) in [4.78, 5) is 0. The van der Waals surface area contributed by atoms with Crippen molar-refractivity contribution in [3.05, 3.63) is 24.3 Å². The summed E-state index contributed by atoms with van der Waals surface area (Å²) in [6, 6.07) is 7.53. The number of benzene rings is 1. The van der Waals surface area contributed by atoms with Crippen molar-refractivity contribution in [2.75, 3.05) is 12.0 Å². The van der Waals surface area contributed by atoms with Crippen molar-refractivity contribution >= 4 is 33.0 Å². The second-order valence-corrected chi connectivity index (χ2v) is 6.09. The highest BCUT2D eigenvalue weighted by Crippen LogP contribution is 2.19. The number of aromatic nitrogens is 1. The Morgan fingerprint density at radius 2 is 2.11 bits per heavy atom. The maximum atomic E-state index is 10.6. The van der Waals surface area contributed by atoms with Crippen LogP contribution in [0.4, 0.5) is 0 Å². The normalized spacial score (nSPS) is 12.1. The van der Waals surface area contributed by atoms with E-state index in [1.165, 1.54) is 11.8 Å². The Balaban J connectivity index is 2.25. The zero-order chi connectivity index (χ0) is 13.2. The number of aryl methyl sites for hydroxylation is 1. The molecule has 0 radical (unpaired) electrons. The molecule has 0 saturated heterocycles. The Kier molecular flexibility index (Phi) is 3.94. The molecule has 0 atom stereocenters. The number of thioether (sulfide) groups is 1. The van der Waals surface area contributed by atoms with Crippen molar-refractivity contribution < 1.29 is 22.0 Å². The van der Waals surface area contributed by atoms with Gasteiger partial charge in [-0.3, -0.25) is 0 Å². The van der Waals surface area contributed by atoms with Crippen LogP contribution in [0.15, 0.2) is 33.9 Å². The number of fused-ring (bicyclic) bond motifs is 1. The fourth-order valence-electron chi connectivity index (χ4n) is 1.78. The molecule has 1 aromatic heterocycles. The van der Waals surface area contributed by atoms with Gasteiger partial charge in [0.1, 0.15) is 0 Å². The molecule has 0 spiro atoms. The first kappa shape index (κ1) is 13.4. The van der Waals surface area contributed by atoms with Crippen LogP contribution in [-0.4, -0.2) is 25.0 Å². The fourth-order valence-corrected chi connectivity index (χ4v) is 2.84. The molecule has 0 amide bonds. The first-order valence-electron chi connectivity index (χ1n) is 5.40. The van der Waals surface area contributed by atoms with Crippen LogP contribution in [0.25, 0.3) is 11.1 Å². The quantitative estimate of drug-likeness (QED) is 0.472. The Morgan fingerprint density at radius 3 is 2.78 bits per heavy atom. The largest absolute Gasteiger partial charge is 0.748 e. The molecule has 0 N–H and O–H groups in total. The van der Waals surface area contributed by atoms with Gasteiger partial charge in [0, 0.05) is 18.2 Å². The van der Waals surface area contributed by atoms with Gasteiger partial charge in [0.15, 0.2) is 6.54 Å². The third-order valence-electron chi connectivity index (χ3n) is 2.52. The molecule has 2 aromatic rings. The average molecular weight is 287 g/mol. The van der Waals surface area contributed by atoms with Gasteiger partial charge in [0.05, 0.1) is 10.1 Å². The van der Waals surface area contributed by atoms with E-state index in [1.807, 2.05) is 35.1 Å². The Morgan fingerprint density at radius 1 is 1.39 bits per heavy atom. The lowest BCUT2D eigenvalue weighted by molar-refractivity contribution is -0.716. The predicted molar refractivity (Wildman–Crippen MR) is 67.4 cm³/mol. The first-order valence-corrected chi connectivity index (χ1v) is 8.20. The molecule has 5 nitrogen and oxygen atoms in total. The van der Waals surface area contributed by atoms with Crippen molar-refractivity contribution in [1.82, 2.24) is 0 Å². The lowest BCUT2D eigenvalue weighted by atomic mass is 10.3. The number of oxazole rings is 1. The molecule has 0 saturated carbocycles. The third kappa shape index (κ3) is 3.04. The zero-order valence-corrected chi connectivity index (χ0v) is 11.5. The topological polar surface area (TPSA) is 74.2 Å². The van der Waals surface area contributed by atoms with E-state index in [0.29, 0.717) is 11.8 Å². The molecular formula is C11H13NO4S2. The first-order chi connectivity index (χ1) is 8.51. The second kappa shape index (κ2) is 5.29. The molecule has 18 heavy (non-hydrogen) atoms. The molecule has 0 bridgehead atoms. The van der Waals surface area contributed by atoms with E-state index < -0.39 is 10.1 Å². The summed E-state index contributed by atoms with van der Waals surface area (Å²) in [6.07, 6.45) is 2.17. The molecule has 2 rings (SSSR count). The van der Waals surface area contributed by atoms with E-state index in [0.717, 1.165) is 11.1 Å². The third-order valence-corrected chi connectivity index (χ3v) is 3.97. The van der Waals surface area contributed by atoms with Gasteiger partial charge in [-0.05, 0) is 24.1 Å². The smallest absolute Gasteiger partial charge is 0.412 e. The Labute approximate surface area is 110 Å². The standard InChI is InChI=1S/C11H13NO4S2/c1-17-11-12(7-4-8-18(13,14)15)9-5-2-3-6-10(9)16-11/h2-3,5-6H,4,7-8H2,1H3. The van der Waals surface area contributed by atoms with Crippen LogP contribution in [0.5, 0.6) is 0 Å². The Bertz CT molecular complexity index is 648. The number of nitrogens with zero attached hydrogens (tertiary/aromatic N) is 1. The molecule has 1 aromatic carbocycles. The summed E-state index contributed by atoms with van der Waals surface area (Å²) in [5.41, 5.74) is 1.66. The fraction of sp³-hybridized carbons (Fsp3) is 0.364. The monoisotopic (exact) mass is 287 g/mol. The minimum atomic E-state index is -4.15. The summed E-state index contributed by atoms with van der Waals surface area (Å²) >= 11 is 1.45. The van der Waals surface area contributed by atoms with E-state index in [4.69, 9.17) is 4.42 Å². The number of hydrogen-bond donors (Lipinski definition) is 0. The van der Waals surface area contributed by atoms with Gasteiger partial charge in [-0.2, -0.15) is 4.57 Å². The zero-order valence-electron chi connectivity index (χ0n) is 9.83. The molecule has 0 fully saturated rings. The molecule has 7 heteroatoms. The summed E-state index contributed by atoms with van der Waals surface area (Å²) in [7, 11) is -4.15. The van der Waals surface area contributed by atoms with Crippen molar-refractivity contribution in [1.29, 1.82) is 0 Å². The van der Waals surface area contributed by atoms with Crippen LogP contribution < -0.4 is 4.57 Å². The predicted octanol–water partition coefficient (Wildman–Crippen LogP) is 1.38. The molecule has 0 unspecified atom stereocenters. The number of para-hydroxylation sites is 2. The van der Waals surface area contributed by atoms with E-state index in [-0.39, 0.29) is 12.2 Å². The highest BCUT2D eigenvalue weighted by molar-refractivity contribution is 7.98. The molecule has 0 aliphatic carbocycles. The van der Waals surface area contributed by atoms with Crippen molar-refractivity contribution in [2.45, 2.75) is 18.2 Å². The molecular weight excluding hydrogens is 274 g/mol. The summed E-state index contributed by atoms with van der Waals surface area (Å²) in [6.45, 7) is 0.453. The lowest BCUT2D eigenvalue weighted by Gasteiger charge is -2.03. The van der Waals surface area contributed by atoms with E-state index >= 15 is 0 Å². The van der Waals surface area contributed by atoms with Gasteiger partial charge < -0.3 is 8.97 Å². The van der Waals surface area contributed by atoms with Gasteiger partial charge in [-0.15, -0.1) is 0 Å². The van der Waals surface area contributed by atoms with E-state index in [9.17, 15) is 13.0 Å². The lowest BCUT2D eigenvalue weighted by Crippen LogP contribution is -2.35. The number of rotatable bonds is 5. The van der Waals surface area contributed by atoms with Crippen LogP contribution in [0.2, 0.25) is 0 Å². The SMILES string of the molecule is CSc1oc2ccccc2[n+]1CCCS(=O)(=O)[O-]. The van der Waals surface area contributed by atoms with Crippen LogP contribution in [0.1, 0.15) is 6.42 Å². The highest BCUT2D eigenvalue weighted by Gasteiger charge is 2.21. The van der Waals surface area contributed by atoms with E-state index in [2.05, 4.69) is 0 Å². The molecule has 0 aliphatic heterocycles. The summed E-state index contributed by atoms with van der Waals surface area (Å²) in [5, 5.41) is 0.708. The van der Waals surface area contributed by atoms with Crippen LogP contribution in [-0.2, 0) is 16.7 Å². The van der Waals surface area contributed by atoms with Crippen molar-refractivity contribution in [3.8, 4) is 0 Å². The summed E-state index contributed by atoms with van der Waals surface area (Å²) in [5.74, 6) is -0.354. The van der Waals surface area contributed by atoms with Gasteiger partial charge in [0.25, 0.3) is 5.52 Å². The maximum absolute atomic E-state index is 10.6. The highest BCUT2D eigenvalue weighted by atomic mass is 32.2. The van der Waals surface area contributed by atoms with Gasteiger partial charge in [-0.1, -0.05) is 12.1 Å². The molecule has 98 valence electrons. The summed E-state index contributed by atoms with van der Waals surface area (Å²) < 4.78 is 39.3. The molecule has 1 heterocycles. The van der Waals surface area contributed by atoms with Crippen molar-refractivity contribution in [2.24, 2.45) is 0 Å². The maximum Gasteiger partial charge on any atom is 0.412 e. The van der Waals surface area contributed by atoms with Gasteiger partial charge in [-0.25, -0.2) is 8.42 Å². The Hall–Kier alpha value is -1.05.